The van der Waals surface area contributed by atoms with Crippen LogP contribution in [0.25, 0.3) is 0 Å². The van der Waals surface area contributed by atoms with Crippen LogP contribution in [0.15, 0.2) is 39.3 Å². The van der Waals surface area contributed by atoms with Gasteiger partial charge in [-0.2, -0.15) is 0 Å². The number of benzene rings is 2. The molecule has 0 aliphatic carbocycles. The Kier molecular flexibility index (Phi) is 6.33. The molecule has 0 aromatic heterocycles. The van der Waals surface area contributed by atoms with Crippen molar-refractivity contribution in [3.8, 4) is 5.75 Å². The Morgan fingerprint density at radius 1 is 1.05 bits per heavy atom. The number of ether oxygens (including phenoxy) is 1. The van der Waals surface area contributed by atoms with Gasteiger partial charge < -0.3 is 10.1 Å². The molecule has 0 aliphatic rings. The minimum atomic E-state index is 0.720. The summed E-state index contributed by atoms with van der Waals surface area (Å²) >= 11 is 7.19. The molecule has 0 radical (unpaired) electrons. The van der Waals surface area contributed by atoms with Crippen LogP contribution in [0.1, 0.15) is 30.0 Å². The van der Waals surface area contributed by atoms with E-state index in [1.807, 2.05) is 0 Å². The molecule has 22 heavy (non-hydrogen) atoms. The van der Waals surface area contributed by atoms with Gasteiger partial charge in [0.15, 0.2) is 0 Å². The minimum Gasteiger partial charge on any atom is -0.491 e. The van der Waals surface area contributed by atoms with Gasteiger partial charge in [0, 0.05) is 12.2 Å². The molecular weight excluding hydrogens is 406 g/mol. The third kappa shape index (κ3) is 4.50. The molecule has 2 rings (SSSR count). The van der Waals surface area contributed by atoms with Crippen LogP contribution in [0.3, 0.4) is 0 Å². The van der Waals surface area contributed by atoms with Crippen molar-refractivity contribution >= 4 is 37.5 Å². The van der Waals surface area contributed by atoms with Crippen molar-refractivity contribution in [2.45, 2.75) is 33.7 Å². The van der Waals surface area contributed by atoms with E-state index in [-0.39, 0.29) is 0 Å². The second kappa shape index (κ2) is 8.02. The van der Waals surface area contributed by atoms with Gasteiger partial charge in [0.1, 0.15) is 5.75 Å². The van der Waals surface area contributed by atoms with Crippen LogP contribution in [0.5, 0.6) is 5.75 Å². The topological polar surface area (TPSA) is 21.3 Å². The Morgan fingerprint density at radius 3 is 2.32 bits per heavy atom. The first-order valence-electron chi connectivity index (χ1n) is 7.43. The van der Waals surface area contributed by atoms with Crippen molar-refractivity contribution in [1.29, 1.82) is 0 Å². The van der Waals surface area contributed by atoms with E-state index in [0.29, 0.717) is 0 Å². The highest BCUT2D eigenvalue weighted by molar-refractivity contribution is 9.11. The fourth-order valence-corrected chi connectivity index (χ4v) is 3.78. The first-order chi connectivity index (χ1) is 10.5. The van der Waals surface area contributed by atoms with Gasteiger partial charge in [0.2, 0.25) is 0 Å². The normalized spacial score (nSPS) is 10.6. The molecular formula is C18H21Br2NO. The quantitative estimate of drug-likeness (QED) is 0.591. The van der Waals surface area contributed by atoms with Gasteiger partial charge >= 0.3 is 0 Å². The van der Waals surface area contributed by atoms with Crippen molar-refractivity contribution in [3.63, 3.8) is 0 Å². The lowest BCUT2D eigenvalue weighted by atomic mass is 10.1. The van der Waals surface area contributed by atoms with Gasteiger partial charge in [-0.1, -0.05) is 24.6 Å². The van der Waals surface area contributed by atoms with Crippen molar-refractivity contribution in [2.24, 2.45) is 0 Å². The summed E-state index contributed by atoms with van der Waals surface area (Å²) in [5, 5.41) is 3.49. The van der Waals surface area contributed by atoms with E-state index < -0.39 is 0 Å². The molecule has 2 aromatic rings. The van der Waals surface area contributed by atoms with E-state index in [2.05, 4.69) is 88.3 Å². The second-order valence-corrected chi connectivity index (χ2v) is 7.12. The zero-order valence-electron chi connectivity index (χ0n) is 13.2. The van der Waals surface area contributed by atoms with Crippen LogP contribution < -0.4 is 10.1 Å². The van der Waals surface area contributed by atoms with E-state index >= 15 is 0 Å². The third-order valence-electron chi connectivity index (χ3n) is 3.37. The molecule has 2 aromatic carbocycles. The summed E-state index contributed by atoms with van der Waals surface area (Å²) in [6, 6.07) is 10.7. The van der Waals surface area contributed by atoms with E-state index in [0.717, 1.165) is 34.3 Å². The van der Waals surface area contributed by atoms with Crippen LogP contribution in [-0.4, -0.2) is 6.61 Å². The Bertz CT molecular complexity index is 633. The zero-order chi connectivity index (χ0) is 16.1. The highest BCUT2D eigenvalue weighted by Gasteiger charge is 2.09. The van der Waals surface area contributed by atoms with E-state index in [1.54, 1.807) is 0 Å². The number of hydrogen-bond donors (Lipinski definition) is 1. The lowest BCUT2D eigenvalue weighted by Crippen LogP contribution is -2.03. The first kappa shape index (κ1) is 17.4. The summed E-state index contributed by atoms with van der Waals surface area (Å²) in [5.41, 5.74) is 4.92. The SMILES string of the molecule is CCCOc1c(Br)cc(CNc2ccc(C)cc2C)cc1Br. The third-order valence-corrected chi connectivity index (χ3v) is 4.55. The summed E-state index contributed by atoms with van der Waals surface area (Å²) in [6.45, 7) is 7.83. The van der Waals surface area contributed by atoms with Gasteiger partial charge in [-0.3, -0.25) is 0 Å². The summed E-state index contributed by atoms with van der Waals surface area (Å²) in [5.74, 6) is 0.872. The molecule has 0 amide bonds. The maximum atomic E-state index is 5.75. The lowest BCUT2D eigenvalue weighted by molar-refractivity contribution is 0.313. The smallest absolute Gasteiger partial charge is 0.147 e. The van der Waals surface area contributed by atoms with Crippen LogP contribution in [0.4, 0.5) is 5.69 Å². The van der Waals surface area contributed by atoms with E-state index in [9.17, 15) is 0 Å². The van der Waals surface area contributed by atoms with E-state index in [1.165, 1.54) is 22.4 Å². The lowest BCUT2D eigenvalue weighted by Gasteiger charge is -2.14. The molecule has 0 saturated carbocycles. The Hall–Kier alpha value is -1.00. The Morgan fingerprint density at radius 2 is 1.73 bits per heavy atom. The molecule has 0 aliphatic heterocycles. The monoisotopic (exact) mass is 425 g/mol. The molecule has 0 atom stereocenters. The van der Waals surface area contributed by atoms with Crippen LogP contribution >= 0.6 is 31.9 Å². The minimum absolute atomic E-state index is 0.720. The highest BCUT2D eigenvalue weighted by atomic mass is 79.9. The van der Waals surface area contributed by atoms with Crippen molar-refractivity contribution in [3.05, 3.63) is 56.0 Å². The second-order valence-electron chi connectivity index (χ2n) is 5.41. The molecule has 1 N–H and O–H groups in total. The first-order valence-corrected chi connectivity index (χ1v) is 9.01. The summed E-state index contributed by atoms with van der Waals surface area (Å²) in [7, 11) is 0. The number of halogens is 2. The average molecular weight is 427 g/mol. The predicted molar refractivity (Wildman–Crippen MR) is 101 cm³/mol. The number of anilines is 1. The van der Waals surface area contributed by atoms with Gasteiger partial charge in [-0.05, 0) is 81.5 Å². The predicted octanol–water partition coefficient (Wildman–Crippen LogP) is 6.23. The molecule has 0 heterocycles. The van der Waals surface area contributed by atoms with Crippen molar-refractivity contribution in [1.82, 2.24) is 0 Å². The van der Waals surface area contributed by atoms with E-state index in [4.69, 9.17) is 4.74 Å². The fraction of sp³-hybridized carbons (Fsp3) is 0.333. The van der Waals surface area contributed by atoms with Gasteiger partial charge in [-0.15, -0.1) is 0 Å². The maximum absolute atomic E-state index is 5.75. The van der Waals surface area contributed by atoms with Crippen LogP contribution in [-0.2, 0) is 6.54 Å². The molecule has 0 unspecified atom stereocenters. The summed E-state index contributed by atoms with van der Waals surface area (Å²) < 4.78 is 7.71. The van der Waals surface area contributed by atoms with Gasteiger partial charge in [0.05, 0.1) is 15.6 Å². The molecule has 4 heteroatoms. The van der Waals surface area contributed by atoms with Crippen molar-refractivity contribution < 1.29 is 4.74 Å². The molecule has 0 saturated heterocycles. The Labute approximate surface area is 149 Å². The van der Waals surface area contributed by atoms with Gasteiger partial charge in [-0.25, -0.2) is 0 Å². The van der Waals surface area contributed by atoms with Crippen LogP contribution in [0, 0.1) is 13.8 Å². The van der Waals surface area contributed by atoms with Crippen molar-refractivity contribution in [2.75, 3.05) is 11.9 Å². The summed E-state index contributed by atoms with van der Waals surface area (Å²) in [4.78, 5) is 0. The molecule has 0 spiro atoms. The summed E-state index contributed by atoms with van der Waals surface area (Å²) in [6.07, 6.45) is 0.995. The molecule has 0 bridgehead atoms. The average Bonchev–Trinajstić information content (AvgIpc) is 2.45. The highest BCUT2D eigenvalue weighted by Crippen LogP contribution is 2.35. The maximum Gasteiger partial charge on any atom is 0.147 e. The number of aryl methyl sites for hydroxylation is 2. The molecule has 0 fully saturated rings. The number of hydrogen-bond acceptors (Lipinski definition) is 2. The number of rotatable bonds is 6. The standard InChI is InChI=1S/C18H21Br2NO/c1-4-7-22-18-15(19)9-14(10-16(18)20)11-21-17-6-5-12(2)8-13(17)3/h5-6,8-10,21H,4,7,11H2,1-3H3. The fourth-order valence-electron chi connectivity index (χ4n) is 2.27. The largest absolute Gasteiger partial charge is 0.491 e. The number of nitrogens with one attached hydrogen (secondary N) is 1. The Balaban J connectivity index is 2.10. The van der Waals surface area contributed by atoms with Crippen LogP contribution in [0.2, 0.25) is 0 Å². The molecule has 2 nitrogen and oxygen atoms in total. The molecule has 118 valence electrons. The zero-order valence-corrected chi connectivity index (χ0v) is 16.3. The van der Waals surface area contributed by atoms with Gasteiger partial charge in [0.25, 0.3) is 0 Å².